The maximum Gasteiger partial charge on any atom is 0.404 e. The van der Waals surface area contributed by atoms with Crippen molar-refractivity contribution in [2.45, 2.75) is 87.4 Å². The van der Waals surface area contributed by atoms with Crippen LogP contribution in [0.15, 0.2) is 101 Å². The van der Waals surface area contributed by atoms with E-state index in [0.717, 1.165) is 67.5 Å². The quantitative estimate of drug-likeness (QED) is 0.0624. The predicted molar refractivity (Wildman–Crippen MR) is 293 cm³/mol. The summed E-state index contributed by atoms with van der Waals surface area (Å²) in [7, 11) is 6.70. The molecule has 3 aromatic heterocycles. The maximum absolute atomic E-state index is 12.9. The monoisotopic (exact) mass is 1110 g/mol. The van der Waals surface area contributed by atoms with Crippen LogP contribution in [-0.2, 0) is 29.0 Å². The second kappa shape index (κ2) is 25.5. The normalized spacial score (nSPS) is 15.7. The number of rotatable bonds is 17. The van der Waals surface area contributed by atoms with Crippen LogP contribution in [0.25, 0.3) is 10.9 Å². The highest BCUT2D eigenvalue weighted by Crippen LogP contribution is 2.55. The second-order valence-corrected chi connectivity index (χ2v) is 20.8. The number of benzene rings is 4. The lowest BCUT2D eigenvalue weighted by atomic mass is 9.85. The van der Waals surface area contributed by atoms with Crippen LogP contribution < -0.4 is 39.5 Å². The molecule has 0 radical (unpaired) electrons. The largest absolute Gasteiger partial charge is 0.493 e. The van der Waals surface area contributed by atoms with E-state index < -0.39 is 24.3 Å². The number of fused-ring (bicyclic) bond motifs is 4. The Morgan fingerprint density at radius 2 is 1.71 bits per heavy atom. The van der Waals surface area contributed by atoms with E-state index in [1.165, 1.54) is 18.9 Å². The lowest BCUT2D eigenvalue weighted by Gasteiger charge is -2.38. The smallest absolute Gasteiger partial charge is 0.404 e. The highest BCUT2D eigenvalue weighted by Gasteiger charge is 2.46. The molecule has 5 N–H and O–H groups in total. The number of H-pyrrole nitrogens is 1. The minimum atomic E-state index is -0.842. The number of nitrogens with one attached hydrogen (secondary N) is 2. The summed E-state index contributed by atoms with van der Waals surface area (Å²) in [5.74, 6) is 3.92. The molecular formula is C56H63Cl2N7O11S. The van der Waals surface area contributed by atoms with Crippen molar-refractivity contribution < 1.29 is 52.6 Å². The number of aromatic nitrogens is 4. The first-order valence-corrected chi connectivity index (χ1v) is 26.5. The van der Waals surface area contributed by atoms with Gasteiger partial charge < -0.3 is 63.6 Å². The number of hydrogen-bond donors (Lipinski definition) is 4. The van der Waals surface area contributed by atoms with Crippen molar-refractivity contribution in [3.8, 4) is 34.5 Å². The molecule has 21 heteroatoms. The molecule has 4 aromatic carbocycles. The summed E-state index contributed by atoms with van der Waals surface area (Å²) in [5, 5.41) is 16.1. The summed E-state index contributed by atoms with van der Waals surface area (Å²) in [6, 6.07) is 22.9. The zero-order chi connectivity index (χ0) is 54.9. The molecule has 0 aliphatic carbocycles. The number of methoxy groups -OCH3 is 3. The number of primary amides is 1. The van der Waals surface area contributed by atoms with Gasteiger partial charge in [0.25, 0.3) is 0 Å². The minimum Gasteiger partial charge on any atom is -0.493 e. The minimum absolute atomic E-state index is 0.0169. The van der Waals surface area contributed by atoms with E-state index in [4.69, 9.17) is 71.8 Å². The topological polar surface area (TPSA) is 216 Å². The van der Waals surface area contributed by atoms with Crippen LogP contribution in [0.5, 0.6) is 34.5 Å². The van der Waals surface area contributed by atoms with E-state index in [0.29, 0.717) is 75.9 Å². The molecule has 0 spiro atoms. The van der Waals surface area contributed by atoms with Gasteiger partial charge in [-0.1, -0.05) is 74.8 Å². The van der Waals surface area contributed by atoms with Gasteiger partial charge >= 0.3 is 12.1 Å². The SMILES string of the molecule is CC(C)NCC(O)COc1cccc2[nH]ccc12.CC(C)c1nc(COC(N)=O)n(Cc2ccncc2)c1Sc1cc(Cl)cc(Cl)c1.COc1ccc2c(c1OC)C(=O)O[C@H]2[C@@H]1c2c(cc3c(c2OC)OCO3)CCN1C. The number of halogens is 2. The van der Waals surface area contributed by atoms with Crippen molar-refractivity contribution in [2.24, 2.45) is 5.73 Å². The first-order valence-electron chi connectivity index (χ1n) is 24.9. The van der Waals surface area contributed by atoms with E-state index >= 15 is 0 Å². The Bertz CT molecular complexity index is 3170. The summed E-state index contributed by atoms with van der Waals surface area (Å²) in [6.07, 6.45) is 4.32. The standard InChI is InChI=1S/C22H23NO7.C20H20Cl2N4O2S.C14H20N2O2/c1-23-8-7-11-9-14-20(29-10-28-14)21(27-4)15(11)17(23)18-12-5-6-13(25-2)19(26-3)16(12)22(24)30-18;1-12(2)18-19(29-16-8-14(21)7-15(22)9-16)26(10-13-3-5-24-6-4-13)17(25-18)11-28-20(23)27;1-10(2)16-8-11(17)9-18-14-5-3-4-13-12(14)6-7-15-13/h5-6,9,17-18H,7-8,10H2,1-4H3;3-9,12H,10-11H2,1-2H3,(H2,23,27);3-7,10-11,15-17H,8-9H2,1-2H3/t17-,18+;;/m0../s1. The highest BCUT2D eigenvalue weighted by molar-refractivity contribution is 7.99. The summed E-state index contributed by atoms with van der Waals surface area (Å²) in [4.78, 5) is 39.0. The number of carbonyl (C=O) groups is 2. The molecule has 18 nitrogen and oxygen atoms in total. The second-order valence-electron chi connectivity index (χ2n) is 18.8. The van der Waals surface area contributed by atoms with Crippen molar-refractivity contribution in [1.29, 1.82) is 0 Å². The van der Waals surface area contributed by atoms with Gasteiger partial charge in [-0.15, -0.1) is 0 Å². The Kier molecular flexibility index (Phi) is 18.7. The van der Waals surface area contributed by atoms with Gasteiger partial charge in [-0.2, -0.15) is 0 Å². The molecule has 0 saturated carbocycles. The van der Waals surface area contributed by atoms with Crippen LogP contribution in [0.2, 0.25) is 10.0 Å². The number of imidazole rings is 1. The third-order valence-corrected chi connectivity index (χ3v) is 14.4. The van der Waals surface area contributed by atoms with E-state index in [9.17, 15) is 14.7 Å². The number of amides is 1. The number of pyridine rings is 1. The predicted octanol–water partition coefficient (Wildman–Crippen LogP) is 10.3. The Balaban J connectivity index is 0.000000158. The Morgan fingerprint density at radius 3 is 2.40 bits per heavy atom. The molecule has 1 amide bonds. The molecule has 0 fully saturated rings. The Labute approximate surface area is 461 Å². The average Bonchev–Trinajstić information content (AvgIpc) is 4.27. The number of aromatic amines is 1. The first kappa shape index (κ1) is 56.3. The molecular weight excluding hydrogens is 1050 g/mol. The number of aliphatic hydroxyl groups excluding tert-OH is 1. The van der Waals surface area contributed by atoms with E-state index in [1.54, 1.807) is 38.7 Å². The van der Waals surface area contributed by atoms with Crippen molar-refractivity contribution >= 4 is 57.9 Å². The first-order chi connectivity index (χ1) is 37.1. The fourth-order valence-corrected chi connectivity index (χ4v) is 11.2. The van der Waals surface area contributed by atoms with Gasteiger partial charge in [0, 0.05) is 74.7 Å². The highest BCUT2D eigenvalue weighted by atomic mass is 35.5. The van der Waals surface area contributed by atoms with E-state index in [-0.39, 0.29) is 25.4 Å². The number of likely N-dealkylation sites (N-methyl/N-ethyl adjacent to an activating group) is 1. The number of carbonyl (C=O) groups excluding carboxylic acids is 2. The lowest BCUT2D eigenvalue weighted by molar-refractivity contribution is 0.00873. The van der Waals surface area contributed by atoms with Gasteiger partial charge in [-0.05, 0) is 91.2 Å². The zero-order valence-corrected chi connectivity index (χ0v) is 46.4. The summed E-state index contributed by atoms with van der Waals surface area (Å²) < 4.78 is 46.5. The van der Waals surface area contributed by atoms with Gasteiger partial charge in [0.05, 0.1) is 39.6 Å². The van der Waals surface area contributed by atoms with Gasteiger partial charge in [0.15, 0.2) is 29.6 Å². The molecule has 408 valence electrons. The molecule has 0 bridgehead atoms. The third-order valence-electron chi connectivity index (χ3n) is 12.9. The zero-order valence-electron chi connectivity index (χ0n) is 44.1. The van der Waals surface area contributed by atoms with E-state index in [2.05, 4.69) is 34.0 Å². The summed E-state index contributed by atoms with van der Waals surface area (Å²) >= 11 is 13.9. The van der Waals surface area contributed by atoms with Crippen molar-refractivity contribution in [3.63, 3.8) is 0 Å². The molecule has 3 atom stereocenters. The van der Waals surface area contributed by atoms with Gasteiger partial charge in [0.1, 0.15) is 41.0 Å². The van der Waals surface area contributed by atoms with Crippen LogP contribution in [0.3, 0.4) is 0 Å². The average molecular weight is 1110 g/mol. The van der Waals surface area contributed by atoms with Crippen LogP contribution in [0.1, 0.15) is 89.9 Å². The van der Waals surface area contributed by atoms with Crippen LogP contribution in [-0.4, -0.2) is 109 Å². The van der Waals surface area contributed by atoms with Crippen molar-refractivity contribution in [3.05, 3.63) is 141 Å². The molecule has 6 heterocycles. The van der Waals surface area contributed by atoms with Crippen LogP contribution in [0.4, 0.5) is 4.79 Å². The molecule has 1 unspecified atom stereocenters. The van der Waals surface area contributed by atoms with Crippen LogP contribution in [0, 0.1) is 0 Å². The number of aliphatic hydroxyl groups is 1. The van der Waals surface area contributed by atoms with Gasteiger partial charge in [0.2, 0.25) is 12.5 Å². The summed E-state index contributed by atoms with van der Waals surface area (Å²) in [6.45, 7) is 10.5. The van der Waals surface area contributed by atoms with Crippen molar-refractivity contribution in [1.82, 2.24) is 29.7 Å². The number of hydrogen-bond acceptors (Lipinski definition) is 16. The number of nitrogens with two attached hydrogens (primary N) is 1. The number of ether oxygens (including phenoxy) is 8. The number of esters is 1. The number of nitrogens with zero attached hydrogens (tertiary/aromatic N) is 4. The van der Waals surface area contributed by atoms with Crippen molar-refractivity contribution in [2.75, 3.05) is 54.9 Å². The Hall–Kier alpha value is -6.87. The molecule has 10 rings (SSSR count). The molecule has 0 saturated heterocycles. The summed E-state index contributed by atoms with van der Waals surface area (Å²) in [5.41, 5.74) is 11.4. The maximum atomic E-state index is 12.9. The van der Waals surface area contributed by atoms with Crippen LogP contribution >= 0.6 is 35.0 Å². The van der Waals surface area contributed by atoms with Gasteiger partial charge in [-0.3, -0.25) is 9.88 Å². The Morgan fingerprint density at radius 1 is 0.961 bits per heavy atom. The molecule has 7 aromatic rings. The fraction of sp³-hybridized carbons (Fsp3) is 0.357. The third kappa shape index (κ3) is 13.1. The van der Waals surface area contributed by atoms with Gasteiger partial charge in [-0.25, -0.2) is 14.6 Å². The lowest BCUT2D eigenvalue weighted by Crippen LogP contribution is -2.36. The van der Waals surface area contributed by atoms with E-state index in [1.807, 2.05) is 92.3 Å². The molecule has 77 heavy (non-hydrogen) atoms. The number of cyclic esters (lactones) is 1. The fourth-order valence-electron chi connectivity index (χ4n) is 9.28. The molecule has 3 aliphatic rings. The molecule has 3 aliphatic heterocycles.